The van der Waals surface area contributed by atoms with Crippen LogP contribution in [0.15, 0.2) is 24.3 Å². The third-order valence-electron chi connectivity index (χ3n) is 2.17. The predicted molar refractivity (Wildman–Crippen MR) is 65.8 cm³/mol. The van der Waals surface area contributed by atoms with Gasteiger partial charge in [0.1, 0.15) is 5.75 Å². The van der Waals surface area contributed by atoms with E-state index in [1.54, 1.807) is 0 Å². The number of hydrogen-bond donors (Lipinski definition) is 0. The average molecular weight is 227 g/mol. The zero-order valence-corrected chi connectivity index (χ0v) is 10.4. The molecule has 0 heterocycles. The Labute approximate surface area is 97.4 Å². The summed E-state index contributed by atoms with van der Waals surface area (Å²) in [7, 11) is 0. The molecule has 1 nitrogen and oxygen atoms in total. The van der Waals surface area contributed by atoms with E-state index in [0.717, 1.165) is 12.2 Å². The highest BCUT2D eigenvalue weighted by molar-refractivity contribution is 6.18. The molecule has 0 aliphatic rings. The Hall–Kier alpha value is -0.690. The Balaban J connectivity index is 2.76. The van der Waals surface area contributed by atoms with Crippen LogP contribution in [0.25, 0.3) is 0 Å². The van der Waals surface area contributed by atoms with Crippen molar-refractivity contribution in [1.82, 2.24) is 0 Å². The Morgan fingerprint density at radius 3 is 2.47 bits per heavy atom. The van der Waals surface area contributed by atoms with Crippen molar-refractivity contribution in [2.75, 3.05) is 5.88 Å². The quantitative estimate of drug-likeness (QED) is 0.693. The molecule has 0 aromatic heterocycles. The fourth-order valence-electron chi connectivity index (χ4n) is 1.47. The molecule has 1 unspecified atom stereocenters. The first-order valence-electron chi connectivity index (χ1n) is 5.44. The van der Waals surface area contributed by atoms with Gasteiger partial charge in [-0.2, -0.15) is 0 Å². The third kappa shape index (κ3) is 4.13. The minimum absolute atomic E-state index is 0.220. The van der Waals surface area contributed by atoms with E-state index in [1.807, 2.05) is 32.0 Å². The topological polar surface area (TPSA) is 9.23 Å². The molecule has 1 atom stereocenters. The zero-order valence-electron chi connectivity index (χ0n) is 9.66. The van der Waals surface area contributed by atoms with Gasteiger partial charge in [0, 0.05) is 5.88 Å². The van der Waals surface area contributed by atoms with Gasteiger partial charge in [-0.1, -0.05) is 25.1 Å². The number of rotatable bonds is 5. The lowest BCUT2D eigenvalue weighted by Gasteiger charge is -2.15. The van der Waals surface area contributed by atoms with Gasteiger partial charge in [-0.3, -0.25) is 0 Å². The largest absolute Gasteiger partial charge is 0.491 e. The maximum atomic E-state index is 5.82. The van der Waals surface area contributed by atoms with Crippen molar-refractivity contribution >= 4 is 11.6 Å². The van der Waals surface area contributed by atoms with Crippen LogP contribution >= 0.6 is 11.6 Å². The van der Waals surface area contributed by atoms with Crippen molar-refractivity contribution in [3.05, 3.63) is 29.8 Å². The Kier molecular flexibility index (Phi) is 4.97. The molecule has 15 heavy (non-hydrogen) atoms. The molecular formula is C13H19ClO. The van der Waals surface area contributed by atoms with Gasteiger partial charge in [0.25, 0.3) is 0 Å². The van der Waals surface area contributed by atoms with Crippen LogP contribution in [-0.4, -0.2) is 12.0 Å². The number of benzene rings is 1. The number of halogens is 1. The lowest BCUT2D eigenvalue weighted by Crippen LogP contribution is -2.09. The van der Waals surface area contributed by atoms with Crippen LogP contribution in [0.2, 0.25) is 0 Å². The van der Waals surface area contributed by atoms with E-state index >= 15 is 0 Å². The molecule has 1 aromatic carbocycles. The normalized spacial score (nSPS) is 12.9. The molecule has 0 bridgehead atoms. The second-order valence-electron chi connectivity index (χ2n) is 4.24. The Bertz CT molecular complexity index is 296. The number of ether oxygens (including phenoxy) is 1. The summed E-state index contributed by atoms with van der Waals surface area (Å²) >= 11 is 5.82. The van der Waals surface area contributed by atoms with Crippen LogP contribution in [0.4, 0.5) is 0 Å². The average Bonchev–Trinajstić information content (AvgIpc) is 2.20. The van der Waals surface area contributed by atoms with Crippen LogP contribution in [0, 0.1) is 5.92 Å². The summed E-state index contributed by atoms with van der Waals surface area (Å²) in [5, 5.41) is 0. The highest BCUT2D eigenvalue weighted by Crippen LogP contribution is 2.22. The fourth-order valence-corrected chi connectivity index (χ4v) is 1.58. The molecular weight excluding hydrogens is 208 g/mol. The first-order valence-corrected chi connectivity index (χ1v) is 5.97. The molecule has 0 N–H and O–H groups in total. The maximum absolute atomic E-state index is 5.82. The van der Waals surface area contributed by atoms with E-state index in [9.17, 15) is 0 Å². The molecule has 0 amide bonds. The lowest BCUT2D eigenvalue weighted by atomic mass is 10.0. The second-order valence-corrected chi connectivity index (χ2v) is 4.55. The van der Waals surface area contributed by atoms with E-state index in [4.69, 9.17) is 16.3 Å². The maximum Gasteiger partial charge on any atom is 0.122 e. The minimum Gasteiger partial charge on any atom is -0.491 e. The van der Waals surface area contributed by atoms with Crippen LogP contribution < -0.4 is 4.74 Å². The zero-order chi connectivity index (χ0) is 11.3. The first-order chi connectivity index (χ1) is 7.13. The van der Waals surface area contributed by atoms with Gasteiger partial charge in [0.05, 0.1) is 6.10 Å². The molecule has 0 saturated heterocycles. The van der Waals surface area contributed by atoms with Crippen molar-refractivity contribution < 1.29 is 4.74 Å². The van der Waals surface area contributed by atoms with E-state index in [2.05, 4.69) is 13.0 Å². The first kappa shape index (κ1) is 12.4. The van der Waals surface area contributed by atoms with Gasteiger partial charge in [-0.05, 0) is 37.8 Å². The monoisotopic (exact) mass is 226 g/mol. The van der Waals surface area contributed by atoms with Crippen LogP contribution in [0.3, 0.4) is 0 Å². The molecule has 0 spiro atoms. The highest BCUT2D eigenvalue weighted by Gasteiger charge is 2.08. The summed E-state index contributed by atoms with van der Waals surface area (Å²) in [4.78, 5) is 0. The molecule has 0 saturated carbocycles. The number of para-hydroxylation sites is 1. The summed E-state index contributed by atoms with van der Waals surface area (Å²) in [6.45, 7) is 6.24. The van der Waals surface area contributed by atoms with Crippen LogP contribution in [0.5, 0.6) is 5.75 Å². The summed E-state index contributed by atoms with van der Waals surface area (Å²) in [5.74, 6) is 2.17. The summed E-state index contributed by atoms with van der Waals surface area (Å²) in [5.41, 5.74) is 1.25. The van der Waals surface area contributed by atoms with E-state index in [-0.39, 0.29) is 6.10 Å². The van der Waals surface area contributed by atoms with Crippen molar-refractivity contribution in [3.8, 4) is 5.75 Å². The van der Waals surface area contributed by atoms with Gasteiger partial charge in [0.15, 0.2) is 0 Å². The van der Waals surface area contributed by atoms with Gasteiger partial charge in [-0.25, -0.2) is 0 Å². The van der Waals surface area contributed by atoms with E-state index in [0.29, 0.717) is 11.8 Å². The summed E-state index contributed by atoms with van der Waals surface area (Å²) in [6, 6.07) is 8.19. The Morgan fingerprint density at radius 1 is 1.20 bits per heavy atom. The summed E-state index contributed by atoms with van der Waals surface area (Å²) in [6.07, 6.45) is 1.20. The van der Waals surface area contributed by atoms with Crippen molar-refractivity contribution in [2.24, 2.45) is 5.92 Å². The van der Waals surface area contributed by atoms with Crippen molar-refractivity contribution in [2.45, 2.75) is 33.3 Å². The molecule has 1 aromatic rings. The number of hydrogen-bond acceptors (Lipinski definition) is 1. The highest BCUT2D eigenvalue weighted by atomic mass is 35.5. The SMILES string of the molecule is CC(CCl)Cc1ccccc1OC(C)C. The van der Waals surface area contributed by atoms with E-state index < -0.39 is 0 Å². The van der Waals surface area contributed by atoms with Gasteiger partial charge >= 0.3 is 0 Å². The number of alkyl halides is 1. The fraction of sp³-hybridized carbons (Fsp3) is 0.538. The smallest absolute Gasteiger partial charge is 0.122 e. The molecule has 0 radical (unpaired) electrons. The molecule has 1 rings (SSSR count). The van der Waals surface area contributed by atoms with E-state index in [1.165, 1.54) is 5.56 Å². The molecule has 0 aliphatic heterocycles. The van der Waals surface area contributed by atoms with Gasteiger partial charge in [-0.15, -0.1) is 11.6 Å². The van der Waals surface area contributed by atoms with Gasteiger partial charge < -0.3 is 4.74 Å². The Morgan fingerprint density at radius 2 is 1.87 bits per heavy atom. The molecule has 0 aliphatic carbocycles. The van der Waals surface area contributed by atoms with Gasteiger partial charge in [0.2, 0.25) is 0 Å². The standard InChI is InChI=1S/C13H19ClO/c1-10(2)15-13-7-5-4-6-12(13)8-11(3)9-14/h4-7,10-11H,8-9H2,1-3H3. The van der Waals surface area contributed by atoms with Crippen molar-refractivity contribution in [3.63, 3.8) is 0 Å². The molecule has 84 valence electrons. The van der Waals surface area contributed by atoms with Crippen LogP contribution in [0.1, 0.15) is 26.3 Å². The third-order valence-corrected chi connectivity index (χ3v) is 2.69. The van der Waals surface area contributed by atoms with Crippen molar-refractivity contribution in [1.29, 1.82) is 0 Å². The predicted octanol–water partition coefficient (Wildman–Crippen LogP) is 3.89. The minimum atomic E-state index is 0.220. The molecule has 2 heteroatoms. The second kappa shape index (κ2) is 6.02. The lowest BCUT2D eigenvalue weighted by molar-refractivity contribution is 0.239. The summed E-state index contributed by atoms with van der Waals surface area (Å²) < 4.78 is 5.75. The molecule has 0 fully saturated rings. The van der Waals surface area contributed by atoms with Crippen LogP contribution in [-0.2, 0) is 6.42 Å².